The predicted molar refractivity (Wildman–Crippen MR) is 149 cm³/mol. The van der Waals surface area contributed by atoms with Crippen LogP contribution in [-0.2, 0) is 14.3 Å². The van der Waals surface area contributed by atoms with Crippen molar-refractivity contribution in [3.8, 4) is 23.0 Å². The van der Waals surface area contributed by atoms with Gasteiger partial charge in [-0.2, -0.15) is 8.42 Å². The summed E-state index contributed by atoms with van der Waals surface area (Å²) in [5, 5.41) is -0.424. The van der Waals surface area contributed by atoms with Crippen LogP contribution in [0.25, 0.3) is 6.08 Å². The van der Waals surface area contributed by atoms with Crippen LogP contribution >= 0.6 is 11.8 Å². The molecule has 1 heterocycles. The van der Waals surface area contributed by atoms with Crippen LogP contribution in [0.4, 0.5) is 0 Å². The van der Waals surface area contributed by atoms with Crippen LogP contribution in [0.5, 0.6) is 23.0 Å². The highest BCUT2D eigenvalue weighted by molar-refractivity contribution is 7.99. The van der Waals surface area contributed by atoms with Gasteiger partial charge in [-0.25, -0.2) is 0 Å². The number of thioether (sulfide) groups is 1. The minimum atomic E-state index is -3.98. The number of aryl methyl sites for hydroxylation is 1. The maximum Gasteiger partial charge on any atom is 0.297 e. The lowest BCUT2D eigenvalue weighted by molar-refractivity contribution is 0.159. The Hall–Kier alpha value is -3.14. The van der Waals surface area contributed by atoms with E-state index in [0.29, 0.717) is 17.2 Å². The van der Waals surface area contributed by atoms with E-state index in [2.05, 4.69) is 0 Å². The number of methoxy groups -OCH3 is 3. The van der Waals surface area contributed by atoms with Crippen molar-refractivity contribution in [3.63, 3.8) is 0 Å². The smallest absolute Gasteiger partial charge is 0.297 e. The molecule has 0 saturated carbocycles. The van der Waals surface area contributed by atoms with Crippen LogP contribution in [0, 0.1) is 6.92 Å². The molecule has 0 radical (unpaired) electrons. The second-order valence-electron chi connectivity index (χ2n) is 9.36. The van der Waals surface area contributed by atoms with Crippen molar-refractivity contribution >= 4 is 28.0 Å². The van der Waals surface area contributed by atoms with E-state index in [4.69, 9.17) is 23.1 Å². The summed E-state index contributed by atoms with van der Waals surface area (Å²) in [5.74, 6) is 2.19. The highest BCUT2D eigenvalue weighted by Gasteiger charge is 2.26. The Bertz CT molecular complexity index is 1400. The molecule has 0 bridgehead atoms. The third kappa shape index (κ3) is 6.28. The number of rotatable bonds is 10. The number of benzene rings is 3. The molecular weight excluding hydrogens is 524 g/mol. The molecule has 0 aromatic heterocycles. The van der Waals surface area contributed by atoms with Gasteiger partial charge in [0.25, 0.3) is 10.1 Å². The Labute approximate surface area is 228 Å². The summed E-state index contributed by atoms with van der Waals surface area (Å²) in [6.07, 6.45) is 4.05. The van der Waals surface area contributed by atoms with Crippen molar-refractivity contribution in [2.45, 2.75) is 41.4 Å². The zero-order valence-electron chi connectivity index (χ0n) is 22.3. The van der Waals surface area contributed by atoms with Gasteiger partial charge in [0.1, 0.15) is 11.4 Å². The van der Waals surface area contributed by atoms with Crippen molar-refractivity contribution in [2.75, 3.05) is 27.9 Å². The standard InChI is InChI=1S/C29H32O7S2/c1-19-7-10-23(11-8-19)38(30,31)35-18-27(21-16-25(32-4)28(34-6)26(17-21)33-5)37-22-9-12-24-20(15-22)13-14-29(2,3)36-24/h7-17,27H,18H2,1-6H3. The second-order valence-corrected chi connectivity index (χ2v) is 12.2. The number of fused-ring (bicyclic) bond motifs is 1. The molecule has 1 unspecified atom stereocenters. The fourth-order valence-electron chi connectivity index (χ4n) is 4.01. The Morgan fingerprint density at radius 2 is 1.58 bits per heavy atom. The molecule has 202 valence electrons. The van der Waals surface area contributed by atoms with Gasteiger partial charge in [0, 0.05) is 10.5 Å². The summed E-state index contributed by atoms with van der Waals surface area (Å²) in [7, 11) is 0.641. The first-order chi connectivity index (χ1) is 18.0. The van der Waals surface area contributed by atoms with Gasteiger partial charge in [-0.15, -0.1) is 11.8 Å². The van der Waals surface area contributed by atoms with Gasteiger partial charge in [0.2, 0.25) is 5.75 Å². The second kappa shape index (κ2) is 11.3. The molecule has 0 aliphatic carbocycles. The van der Waals surface area contributed by atoms with Crippen LogP contribution in [0.1, 0.15) is 35.8 Å². The maximum absolute atomic E-state index is 13.0. The molecule has 4 rings (SSSR count). The third-order valence-electron chi connectivity index (χ3n) is 6.04. The Balaban J connectivity index is 1.69. The third-order valence-corrected chi connectivity index (χ3v) is 8.55. The Morgan fingerprint density at radius 1 is 0.921 bits per heavy atom. The molecule has 1 aliphatic heterocycles. The predicted octanol–water partition coefficient (Wildman–Crippen LogP) is 6.44. The van der Waals surface area contributed by atoms with Gasteiger partial charge >= 0.3 is 0 Å². The summed E-state index contributed by atoms with van der Waals surface area (Å²) < 4.78 is 54.2. The molecule has 1 aliphatic rings. The van der Waals surface area contributed by atoms with Crippen molar-refractivity contribution in [3.05, 3.63) is 77.4 Å². The van der Waals surface area contributed by atoms with Crippen LogP contribution in [0.3, 0.4) is 0 Å². The maximum atomic E-state index is 13.0. The van der Waals surface area contributed by atoms with Crippen LogP contribution in [0.15, 0.2) is 70.5 Å². The summed E-state index contributed by atoms with van der Waals surface area (Å²) in [4.78, 5) is 1.03. The van der Waals surface area contributed by atoms with E-state index in [0.717, 1.165) is 27.3 Å². The van der Waals surface area contributed by atoms with Gasteiger partial charge in [-0.05, 0) is 74.9 Å². The van der Waals surface area contributed by atoms with E-state index in [9.17, 15) is 8.42 Å². The monoisotopic (exact) mass is 556 g/mol. The molecule has 9 heteroatoms. The number of ether oxygens (including phenoxy) is 4. The molecule has 38 heavy (non-hydrogen) atoms. The highest BCUT2D eigenvalue weighted by Crippen LogP contribution is 2.45. The lowest BCUT2D eigenvalue weighted by atomic mass is 10.0. The average Bonchev–Trinajstić information content (AvgIpc) is 2.90. The van der Waals surface area contributed by atoms with Crippen molar-refractivity contribution in [2.24, 2.45) is 0 Å². The molecule has 1 atom stereocenters. The zero-order valence-corrected chi connectivity index (χ0v) is 23.9. The van der Waals surface area contributed by atoms with E-state index in [1.165, 1.54) is 18.9 Å². The van der Waals surface area contributed by atoms with Crippen molar-refractivity contribution in [1.29, 1.82) is 0 Å². The molecule has 0 amide bonds. The van der Waals surface area contributed by atoms with E-state index in [-0.39, 0.29) is 17.1 Å². The Morgan fingerprint density at radius 3 is 2.18 bits per heavy atom. The first kappa shape index (κ1) is 27.9. The lowest BCUT2D eigenvalue weighted by Gasteiger charge is -2.28. The van der Waals surface area contributed by atoms with Crippen molar-refractivity contribution < 1.29 is 31.5 Å². The summed E-state index contributed by atoms with van der Waals surface area (Å²) in [6.45, 7) is 5.78. The number of hydrogen-bond donors (Lipinski definition) is 0. The molecule has 0 spiro atoms. The summed E-state index contributed by atoms with van der Waals surface area (Å²) >= 11 is 1.47. The average molecular weight is 557 g/mol. The van der Waals surface area contributed by atoms with E-state index in [1.54, 1.807) is 38.5 Å². The molecule has 0 saturated heterocycles. The van der Waals surface area contributed by atoms with Crippen LogP contribution < -0.4 is 18.9 Å². The van der Waals surface area contributed by atoms with Gasteiger partial charge in [-0.3, -0.25) is 4.18 Å². The van der Waals surface area contributed by atoms with Crippen LogP contribution in [0.2, 0.25) is 0 Å². The van der Waals surface area contributed by atoms with E-state index in [1.807, 2.05) is 63.3 Å². The highest BCUT2D eigenvalue weighted by atomic mass is 32.2. The zero-order chi connectivity index (χ0) is 27.5. The molecular formula is C29H32O7S2. The lowest BCUT2D eigenvalue weighted by Crippen LogP contribution is -2.27. The van der Waals surface area contributed by atoms with Gasteiger partial charge < -0.3 is 18.9 Å². The van der Waals surface area contributed by atoms with Crippen LogP contribution in [-0.4, -0.2) is 42.0 Å². The first-order valence-electron chi connectivity index (χ1n) is 12.0. The minimum absolute atomic E-state index is 0.107. The SMILES string of the molecule is COc1cc(C(COS(=O)(=O)c2ccc(C)cc2)Sc2ccc3c(c2)C=CC(C)(C)O3)cc(OC)c1OC. The van der Waals surface area contributed by atoms with E-state index < -0.39 is 15.4 Å². The quantitative estimate of drug-likeness (QED) is 0.208. The molecule has 3 aromatic rings. The first-order valence-corrected chi connectivity index (χ1v) is 14.3. The topological polar surface area (TPSA) is 80.3 Å². The molecule has 3 aromatic carbocycles. The fourth-order valence-corrected chi connectivity index (χ4v) is 6.09. The number of hydrogen-bond acceptors (Lipinski definition) is 8. The largest absolute Gasteiger partial charge is 0.493 e. The molecule has 0 N–H and O–H groups in total. The molecule has 7 nitrogen and oxygen atoms in total. The molecule has 0 fully saturated rings. The minimum Gasteiger partial charge on any atom is -0.493 e. The summed E-state index contributed by atoms with van der Waals surface area (Å²) in [5.41, 5.74) is 2.29. The Kier molecular flexibility index (Phi) is 8.30. The van der Waals surface area contributed by atoms with Gasteiger partial charge in [0.15, 0.2) is 11.5 Å². The normalized spacial score (nSPS) is 14.8. The summed E-state index contributed by atoms with van der Waals surface area (Å²) in [6, 6.07) is 16.1. The van der Waals surface area contributed by atoms with Crippen molar-refractivity contribution in [1.82, 2.24) is 0 Å². The van der Waals surface area contributed by atoms with Gasteiger partial charge in [0.05, 0.1) is 38.1 Å². The van der Waals surface area contributed by atoms with E-state index >= 15 is 0 Å². The van der Waals surface area contributed by atoms with Gasteiger partial charge in [-0.1, -0.05) is 23.8 Å². The fraction of sp³-hybridized carbons (Fsp3) is 0.310.